The molecule has 0 aromatic rings. The van der Waals surface area contributed by atoms with E-state index < -0.39 is 6.10 Å². The SMILES string of the molecule is CC(Br)CC([O])C(C)C. The van der Waals surface area contributed by atoms with Crippen LogP contribution in [0.1, 0.15) is 27.2 Å². The first-order valence-corrected chi connectivity index (χ1v) is 4.25. The molecule has 2 heteroatoms. The lowest BCUT2D eigenvalue weighted by molar-refractivity contribution is 0.0437. The zero-order chi connectivity index (χ0) is 7.44. The van der Waals surface area contributed by atoms with Crippen molar-refractivity contribution in [2.45, 2.75) is 38.1 Å². The minimum Gasteiger partial charge on any atom is -0.233 e. The summed E-state index contributed by atoms with van der Waals surface area (Å²) in [4.78, 5) is 0.363. The Balaban J connectivity index is 3.38. The lowest BCUT2D eigenvalue weighted by Crippen LogP contribution is -2.16. The third kappa shape index (κ3) is 4.91. The summed E-state index contributed by atoms with van der Waals surface area (Å²) >= 11 is 3.34. The maximum Gasteiger partial charge on any atom is 0.0963 e. The fourth-order valence-corrected chi connectivity index (χ4v) is 0.961. The average molecular weight is 194 g/mol. The van der Waals surface area contributed by atoms with Gasteiger partial charge in [-0.25, -0.2) is 5.11 Å². The molecule has 0 fully saturated rings. The molecule has 0 aliphatic heterocycles. The van der Waals surface area contributed by atoms with Crippen molar-refractivity contribution in [3.63, 3.8) is 0 Å². The molecule has 9 heavy (non-hydrogen) atoms. The van der Waals surface area contributed by atoms with Crippen molar-refractivity contribution in [3.05, 3.63) is 0 Å². The zero-order valence-electron chi connectivity index (χ0n) is 6.23. The first-order chi connectivity index (χ1) is 4.04. The Morgan fingerprint density at radius 1 is 1.33 bits per heavy atom. The first-order valence-electron chi connectivity index (χ1n) is 3.34. The number of halogens is 1. The summed E-state index contributed by atoms with van der Waals surface area (Å²) in [5, 5.41) is 11.0. The van der Waals surface area contributed by atoms with Crippen LogP contribution in [0.5, 0.6) is 0 Å². The van der Waals surface area contributed by atoms with E-state index in [1.165, 1.54) is 0 Å². The van der Waals surface area contributed by atoms with Gasteiger partial charge in [0.2, 0.25) is 0 Å². The van der Waals surface area contributed by atoms with Crippen molar-refractivity contribution in [2.75, 3.05) is 0 Å². The Labute approximate surface area is 65.6 Å². The molecule has 0 rings (SSSR count). The lowest BCUT2D eigenvalue weighted by atomic mass is 10.0. The van der Waals surface area contributed by atoms with Crippen LogP contribution in [0.4, 0.5) is 0 Å². The van der Waals surface area contributed by atoms with Crippen LogP contribution in [0.2, 0.25) is 0 Å². The van der Waals surface area contributed by atoms with E-state index in [1.54, 1.807) is 0 Å². The summed E-state index contributed by atoms with van der Waals surface area (Å²) in [6.07, 6.45) is 0.330. The topological polar surface area (TPSA) is 19.9 Å². The quantitative estimate of drug-likeness (QED) is 0.615. The summed E-state index contributed by atoms with van der Waals surface area (Å²) in [7, 11) is 0. The maximum absolute atomic E-state index is 11.0. The van der Waals surface area contributed by atoms with Gasteiger partial charge < -0.3 is 0 Å². The van der Waals surface area contributed by atoms with Crippen LogP contribution >= 0.6 is 15.9 Å². The highest BCUT2D eigenvalue weighted by molar-refractivity contribution is 9.09. The Bertz CT molecular complexity index is 71.3. The highest BCUT2D eigenvalue weighted by Gasteiger charge is 2.12. The third-order valence-corrected chi connectivity index (χ3v) is 1.67. The molecule has 55 valence electrons. The summed E-state index contributed by atoms with van der Waals surface area (Å²) in [6.45, 7) is 5.94. The van der Waals surface area contributed by atoms with E-state index in [-0.39, 0.29) is 5.92 Å². The molecule has 1 nitrogen and oxygen atoms in total. The van der Waals surface area contributed by atoms with E-state index in [0.717, 1.165) is 6.42 Å². The Morgan fingerprint density at radius 3 is 1.89 bits per heavy atom. The molecule has 1 radical (unpaired) electrons. The second-order valence-electron chi connectivity index (χ2n) is 2.80. The van der Waals surface area contributed by atoms with Crippen molar-refractivity contribution in [1.82, 2.24) is 0 Å². The van der Waals surface area contributed by atoms with Gasteiger partial charge in [-0.05, 0) is 12.3 Å². The van der Waals surface area contributed by atoms with Gasteiger partial charge in [0.15, 0.2) is 0 Å². The zero-order valence-corrected chi connectivity index (χ0v) is 7.81. The van der Waals surface area contributed by atoms with Crippen molar-refractivity contribution >= 4 is 15.9 Å². The van der Waals surface area contributed by atoms with Gasteiger partial charge in [0.1, 0.15) is 0 Å². The summed E-state index contributed by atoms with van der Waals surface area (Å²) in [5.41, 5.74) is 0. The molecule has 0 aliphatic carbocycles. The largest absolute Gasteiger partial charge is 0.233 e. The van der Waals surface area contributed by atoms with Gasteiger partial charge >= 0.3 is 0 Å². The van der Waals surface area contributed by atoms with Gasteiger partial charge in [0.25, 0.3) is 0 Å². The molecular formula is C7H14BrO. The van der Waals surface area contributed by atoms with Crippen LogP contribution in [0.25, 0.3) is 0 Å². The molecule has 0 amide bonds. The van der Waals surface area contributed by atoms with Crippen molar-refractivity contribution in [3.8, 4) is 0 Å². The molecule has 0 aromatic carbocycles. The molecule has 0 heterocycles. The van der Waals surface area contributed by atoms with Crippen molar-refractivity contribution < 1.29 is 5.11 Å². The lowest BCUT2D eigenvalue weighted by Gasteiger charge is -2.12. The second kappa shape index (κ2) is 4.29. The highest BCUT2D eigenvalue weighted by Crippen LogP contribution is 2.13. The van der Waals surface area contributed by atoms with Crippen LogP contribution in [-0.4, -0.2) is 10.9 Å². The summed E-state index contributed by atoms with van der Waals surface area (Å²) in [5.74, 6) is 0.269. The van der Waals surface area contributed by atoms with Crippen LogP contribution in [0, 0.1) is 5.92 Å². The number of alkyl halides is 1. The van der Waals surface area contributed by atoms with Gasteiger partial charge in [0.05, 0.1) is 6.10 Å². The number of hydrogen-bond donors (Lipinski definition) is 0. The highest BCUT2D eigenvalue weighted by atomic mass is 79.9. The van der Waals surface area contributed by atoms with E-state index >= 15 is 0 Å². The van der Waals surface area contributed by atoms with E-state index in [0.29, 0.717) is 4.83 Å². The van der Waals surface area contributed by atoms with Gasteiger partial charge in [-0.15, -0.1) is 0 Å². The molecule has 0 saturated carbocycles. The summed E-state index contributed by atoms with van der Waals surface area (Å²) in [6, 6.07) is 0. The predicted octanol–water partition coefficient (Wildman–Crippen LogP) is 2.62. The summed E-state index contributed by atoms with van der Waals surface area (Å²) < 4.78 is 0. The van der Waals surface area contributed by atoms with Crippen LogP contribution in [-0.2, 0) is 5.11 Å². The van der Waals surface area contributed by atoms with Crippen LogP contribution in [0.3, 0.4) is 0 Å². The smallest absolute Gasteiger partial charge is 0.0963 e. The molecular weight excluding hydrogens is 180 g/mol. The fraction of sp³-hybridized carbons (Fsp3) is 1.00. The van der Waals surface area contributed by atoms with Crippen molar-refractivity contribution in [1.29, 1.82) is 0 Å². The van der Waals surface area contributed by atoms with Gasteiger partial charge in [-0.3, -0.25) is 0 Å². The van der Waals surface area contributed by atoms with Crippen LogP contribution in [0.15, 0.2) is 0 Å². The molecule has 2 atom stereocenters. The molecule has 0 N–H and O–H groups in total. The Hall–Kier alpha value is 0.440. The average Bonchev–Trinajstić information content (AvgIpc) is 1.63. The second-order valence-corrected chi connectivity index (χ2v) is 4.36. The molecule has 0 bridgehead atoms. The molecule has 0 aromatic heterocycles. The predicted molar refractivity (Wildman–Crippen MR) is 42.3 cm³/mol. The van der Waals surface area contributed by atoms with Gasteiger partial charge in [-0.2, -0.15) is 0 Å². The van der Waals surface area contributed by atoms with E-state index in [9.17, 15) is 5.11 Å². The first kappa shape index (κ1) is 9.44. The number of rotatable bonds is 3. The minimum atomic E-state index is -0.403. The fourth-order valence-electron chi connectivity index (χ4n) is 0.592. The monoisotopic (exact) mass is 193 g/mol. The normalized spacial score (nSPS) is 18.0. The molecule has 0 spiro atoms. The van der Waals surface area contributed by atoms with Gasteiger partial charge in [-0.1, -0.05) is 36.7 Å². The standard InChI is InChI=1S/C7H14BrO/c1-5(2)7(9)4-6(3)8/h5-7H,4H2,1-3H3. The van der Waals surface area contributed by atoms with E-state index in [4.69, 9.17) is 0 Å². The van der Waals surface area contributed by atoms with E-state index in [1.807, 2.05) is 20.8 Å². The Kier molecular flexibility index (Phi) is 4.50. The van der Waals surface area contributed by atoms with Gasteiger partial charge in [0, 0.05) is 4.83 Å². The van der Waals surface area contributed by atoms with Crippen molar-refractivity contribution in [2.24, 2.45) is 5.92 Å². The van der Waals surface area contributed by atoms with Crippen LogP contribution < -0.4 is 0 Å². The Morgan fingerprint density at radius 2 is 1.78 bits per heavy atom. The minimum absolute atomic E-state index is 0.269. The third-order valence-electron chi connectivity index (χ3n) is 1.30. The molecule has 0 saturated heterocycles. The maximum atomic E-state index is 11.0. The molecule has 0 aliphatic rings. The molecule has 2 unspecified atom stereocenters. The number of hydrogen-bond acceptors (Lipinski definition) is 0. The van der Waals surface area contributed by atoms with E-state index in [2.05, 4.69) is 15.9 Å².